The van der Waals surface area contributed by atoms with Gasteiger partial charge in [-0.25, -0.2) is 9.37 Å². The number of rotatable bonds is 3. The molecule has 0 saturated heterocycles. The smallest absolute Gasteiger partial charge is 0.185 e. The highest BCUT2D eigenvalue weighted by atomic mass is 19.1. The Bertz CT molecular complexity index is 500. The van der Waals surface area contributed by atoms with Gasteiger partial charge < -0.3 is 4.98 Å². The molecule has 1 heterocycles. The van der Waals surface area contributed by atoms with E-state index in [-0.39, 0.29) is 11.6 Å². The molecule has 1 N–H and O–H groups in total. The molecule has 1 aromatic carbocycles. The second-order valence-corrected chi connectivity index (χ2v) is 3.18. The lowest BCUT2D eigenvalue weighted by atomic mass is 10.1. The fraction of sp³-hybridized carbons (Fsp3) is 0. The molecule has 0 bridgehead atoms. The molecule has 80 valence electrons. The SMILES string of the molecule is O=C(C=Cc1ncc[nH]1)c1ccc(F)cc1. The molecule has 16 heavy (non-hydrogen) atoms. The fourth-order valence-electron chi connectivity index (χ4n) is 1.23. The van der Waals surface area contributed by atoms with Crippen molar-refractivity contribution in [3.63, 3.8) is 0 Å². The Balaban J connectivity index is 2.11. The molecule has 0 saturated carbocycles. The number of aromatic nitrogens is 2. The van der Waals surface area contributed by atoms with Gasteiger partial charge in [0.05, 0.1) is 0 Å². The highest BCUT2D eigenvalue weighted by Gasteiger charge is 2.01. The molecule has 0 radical (unpaired) electrons. The van der Waals surface area contributed by atoms with E-state index in [1.807, 2.05) is 0 Å². The van der Waals surface area contributed by atoms with Crippen LogP contribution in [0.5, 0.6) is 0 Å². The van der Waals surface area contributed by atoms with Crippen LogP contribution in [0.25, 0.3) is 6.08 Å². The first-order chi connectivity index (χ1) is 7.75. The summed E-state index contributed by atoms with van der Waals surface area (Å²) in [5.74, 6) is 0.0680. The van der Waals surface area contributed by atoms with Crippen LogP contribution in [0.15, 0.2) is 42.7 Å². The van der Waals surface area contributed by atoms with Crippen LogP contribution in [0.2, 0.25) is 0 Å². The number of carbonyl (C=O) groups is 1. The molecule has 2 rings (SSSR count). The van der Waals surface area contributed by atoms with Gasteiger partial charge in [0.15, 0.2) is 5.78 Å². The Hall–Kier alpha value is -2.23. The number of hydrogen-bond acceptors (Lipinski definition) is 2. The maximum atomic E-state index is 12.6. The zero-order valence-corrected chi connectivity index (χ0v) is 8.35. The van der Waals surface area contributed by atoms with Crippen molar-refractivity contribution in [3.05, 3.63) is 59.9 Å². The summed E-state index contributed by atoms with van der Waals surface area (Å²) < 4.78 is 12.6. The van der Waals surface area contributed by atoms with Crippen LogP contribution in [0.3, 0.4) is 0 Å². The molecule has 0 unspecified atom stereocenters. The summed E-state index contributed by atoms with van der Waals surface area (Å²) in [6.07, 6.45) is 6.24. The van der Waals surface area contributed by atoms with Crippen molar-refractivity contribution in [2.45, 2.75) is 0 Å². The monoisotopic (exact) mass is 216 g/mol. The maximum absolute atomic E-state index is 12.6. The summed E-state index contributed by atoms with van der Waals surface area (Å²) in [6, 6.07) is 5.41. The summed E-state index contributed by atoms with van der Waals surface area (Å²) in [5.41, 5.74) is 0.448. The second-order valence-electron chi connectivity index (χ2n) is 3.18. The fourth-order valence-corrected chi connectivity index (χ4v) is 1.23. The van der Waals surface area contributed by atoms with E-state index in [9.17, 15) is 9.18 Å². The lowest BCUT2D eigenvalue weighted by molar-refractivity contribution is 0.104. The van der Waals surface area contributed by atoms with E-state index < -0.39 is 0 Å². The van der Waals surface area contributed by atoms with Gasteiger partial charge in [0.2, 0.25) is 0 Å². The minimum absolute atomic E-state index is 0.184. The normalized spacial score (nSPS) is 10.8. The molecule has 0 aliphatic rings. The van der Waals surface area contributed by atoms with Crippen LogP contribution < -0.4 is 0 Å². The van der Waals surface area contributed by atoms with Crippen molar-refractivity contribution >= 4 is 11.9 Å². The lowest BCUT2D eigenvalue weighted by Gasteiger charge is -1.94. The van der Waals surface area contributed by atoms with E-state index in [2.05, 4.69) is 9.97 Å². The van der Waals surface area contributed by atoms with E-state index in [0.29, 0.717) is 11.4 Å². The minimum atomic E-state index is -0.355. The molecular formula is C12H9FN2O. The van der Waals surface area contributed by atoms with Gasteiger partial charge in [-0.2, -0.15) is 0 Å². The minimum Gasteiger partial charge on any atom is -0.345 e. The molecule has 4 heteroatoms. The van der Waals surface area contributed by atoms with E-state index in [0.717, 1.165) is 0 Å². The number of aromatic amines is 1. The number of ketones is 1. The van der Waals surface area contributed by atoms with Gasteiger partial charge in [-0.15, -0.1) is 0 Å². The number of H-pyrrole nitrogens is 1. The van der Waals surface area contributed by atoms with Crippen molar-refractivity contribution in [2.24, 2.45) is 0 Å². The average Bonchev–Trinajstić information content (AvgIpc) is 2.80. The Labute approximate surface area is 91.6 Å². The molecule has 1 aromatic heterocycles. The van der Waals surface area contributed by atoms with E-state index in [1.54, 1.807) is 18.5 Å². The van der Waals surface area contributed by atoms with Crippen molar-refractivity contribution < 1.29 is 9.18 Å². The lowest BCUT2D eigenvalue weighted by Crippen LogP contribution is -1.93. The predicted octanol–water partition coefficient (Wildman–Crippen LogP) is 2.44. The summed E-state index contributed by atoms with van der Waals surface area (Å²) in [5, 5.41) is 0. The van der Waals surface area contributed by atoms with Crippen molar-refractivity contribution in [1.82, 2.24) is 9.97 Å². The largest absolute Gasteiger partial charge is 0.345 e. The molecule has 2 aromatic rings. The molecule has 0 atom stereocenters. The summed E-state index contributed by atoms with van der Waals surface area (Å²) in [6.45, 7) is 0. The van der Waals surface area contributed by atoms with E-state index >= 15 is 0 Å². The quantitative estimate of drug-likeness (QED) is 0.632. The molecule has 0 fully saturated rings. The van der Waals surface area contributed by atoms with Gasteiger partial charge >= 0.3 is 0 Å². The summed E-state index contributed by atoms with van der Waals surface area (Å²) in [7, 11) is 0. The second kappa shape index (κ2) is 4.53. The van der Waals surface area contributed by atoms with Gasteiger partial charge in [0.1, 0.15) is 11.6 Å². The van der Waals surface area contributed by atoms with Crippen molar-refractivity contribution in [1.29, 1.82) is 0 Å². The van der Waals surface area contributed by atoms with Crippen LogP contribution in [0.1, 0.15) is 16.2 Å². The van der Waals surface area contributed by atoms with Gasteiger partial charge in [-0.1, -0.05) is 0 Å². The molecule has 0 spiro atoms. The zero-order chi connectivity index (χ0) is 11.4. The first kappa shape index (κ1) is 10.3. The summed E-state index contributed by atoms with van der Waals surface area (Å²) in [4.78, 5) is 18.4. The number of allylic oxidation sites excluding steroid dienone is 1. The van der Waals surface area contributed by atoms with Gasteiger partial charge in [-0.3, -0.25) is 4.79 Å². The zero-order valence-electron chi connectivity index (χ0n) is 8.35. The Kier molecular flexibility index (Phi) is 2.91. The van der Waals surface area contributed by atoms with Gasteiger partial charge in [0.25, 0.3) is 0 Å². The van der Waals surface area contributed by atoms with E-state index in [1.165, 1.54) is 30.3 Å². The topological polar surface area (TPSA) is 45.8 Å². The number of nitrogens with one attached hydrogen (secondary N) is 1. The first-order valence-corrected chi connectivity index (χ1v) is 4.73. The van der Waals surface area contributed by atoms with E-state index in [4.69, 9.17) is 0 Å². The van der Waals surface area contributed by atoms with Crippen LogP contribution in [0, 0.1) is 5.82 Å². The van der Waals surface area contributed by atoms with Crippen LogP contribution in [0.4, 0.5) is 4.39 Å². The standard InChI is InChI=1S/C12H9FN2O/c13-10-3-1-9(2-4-10)11(16)5-6-12-14-7-8-15-12/h1-8H,(H,14,15). The van der Waals surface area contributed by atoms with Crippen molar-refractivity contribution in [3.8, 4) is 0 Å². The highest BCUT2D eigenvalue weighted by Crippen LogP contribution is 2.05. The Morgan fingerprint density at radius 1 is 1.31 bits per heavy atom. The van der Waals surface area contributed by atoms with Crippen LogP contribution in [-0.2, 0) is 0 Å². The third kappa shape index (κ3) is 2.42. The number of carbonyl (C=O) groups excluding carboxylic acids is 1. The Morgan fingerprint density at radius 3 is 2.69 bits per heavy atom. The van der Waals surface area contributed by atoms with Gasteiger partial charge in [0, 0.05) is 18.0 Å². The highest BCUT2D eigenvalue weighted by molar-refractivity contribution is 6.06. The number of benzene rings is 1. The molecule has 0 aliphatic heterocycles. The Morgan fingerprint density at radius 2 is 2.06 bits per heavy atom. The number of nitrogens with zero attached hydrogens (tertiary/aromatic N) is 1. The summed E-state index contributed by atoms with van der Waals surface area (Å²) >= 11 is 0. The first-order valence-electron chi connectivity index (χ1n) is 4.73. The van der Waals surface area contributed by atoms with Gasteiger partial charge in [-0.05, 0) is 36.4 Å². The molecule has 0 aliphatic carbocycles. The van der Waals surface area contributed by atoms with Crippen molar-refractivity contribution in [2.75, 3.05) is 0 Å². The number of halogens is 1. The third-order valence-corrected chi connectivity index (χ3v) is 2.04. The molecular weight excluding hydrogens is 207 g/mol. The number of hydrogen-bond donors (Lipinski definition) is 1. The number of imidazole rings is 1. The molecule has 3 nitrogen and oxygen atoms in total. The average molecular weight is 216 g/mol. The van der Waals surface area contributed by atoms with Crippen LogP contribution in [-0.4, -0.2) is 15.8 Å². The maximum Gasteiger partial charge on any atom is 0.185 e. The molecule has 0 amide bonds. The van der Waals surface area contributed by atoms with Crippen LogP contribution >= 0.6 is 0 Å². The third-order valence-electron chi connectivity index (χ3n) is 2.04. The predicted molar refractivity (Wildman–Crippen MR) is 58.4 cm³/mol.